The summed E-state index contributed by atoms with van der Waals surface area (Å²) in [5.74, 6) is 0.565. The zero-order chi connectivity index (χ0) is 25.6. The van der Waals surface area contributed by atoms with Crippen LogP contribution in [0.15, 0.2) is 58.5 Å². The van der Waals surface area contributed by atoms with Crippen LogP contribution in [-0.2, 0) is 33.8 Å². The van der Waals surface area contributed by atoms with E-state index in [0.29, 0.717) is 22.8 Å². The van der Waals surface area contributed by atoms with Gasteiger partial charge in [-0.15, -0.1) is 11.8 Å². The molecule has 0 amide bonds. The average Bonchev–Trinajstić information content (AvgIpc) is 3.19. The van der Waals surface area contributed by atoms with Crippen LogP contribution in [0.1, 0.15) is 41.6 Å². The predicted molar refractivity (Wildman–Crippen MR) is 146 cm³/mol. The van der Waals surface area contributed by atoms with E-state index in [2.05, 4.69) is 22.9 Å². The highest BCUT2D eigenvalue weighted by Crippen LogP contribution is 2.28. The largest absolute Gasteiger partial charge is 0.320 e. The molecule has 1 aromatic heterocycles. The average molecular weight is 599 g/mol. The van der Waals surface area contributed by atoms with Gasteiger partial charge >= 0.3 is 0 Å². The number of aryl methyl sites for hydroxylation is 1. The number of hydrogen-bond donors (Lipinski definition) is 1. The summed E-state index contributed by atoms with van der Waals surface area (Å²) in [4.78, 5) is 17.9. The standard InChI is InChI=1S/C24H28BrN3O4S3/c1-3-4-9-22-27-24(33-2)23(20(29)15-34(30)16-25)28(22)14-17-10-12-18(13-11-17)19-7-5-6-8-21(19)35(26,31)32/h5-8,10-13H,3-4,9,14-16H2,1-2H3,(H2,26,31,32). The molecule has 11 heteroatoms. The number of nitrogens with two attached hydrogens (primary N) is 1. The summed E-state index contributed by atoms with van der Waals surface area (Å²) >= 11 is 4.59. The van der Waals surface area contributed by atoms with Crippen molar-refractivity contribution in [1.29, 1.82) is 0 Å². The minimum Gasteiger partial charge on any atom is -0.320 e. The third-order valence-electron chi connectivity index (χ3n) is 5.44. The number of rotatable bonds is 12. The van der Waals surface area contributed by atoms with Crippen molar-refractivity contribution >= 4 is 54.3 Å². The normalized spacial score (nSPS) is 12.6. The highest BCUT2D eigenvalue weighted by molar-refractivity contribution is 9.10. The SMILES string of the molecule is CCCCc1nc(SC)c(C(=O)CS(=O)CBr)n1Cc1ccc(-c2ccccc2S(N)(=O)=O)cc1. The number of carbonyl (C=O) groups is 1. The molecule has 0 saturated heterocycles. The van der Waals surface area contributed by atoms with E-state index in [9.17, 15) is 17.4 Å². The number of imidazole rings is 1. The van der Waals surface area contributed by atoms with Crippen molar-refractivity contribution in [3.63, 3.8) is 0 Å². The van der Waals surface area contributed by atoms with Gasteiger partial charge in [0, 0.05) is 29.3 Å². The first-order valence-electron chi connectivity index (χ1n) is 11.0. The van der Waals surface area contributed by atoms with Gasteiger partial charge < -0.3 is 4.57 Å². The van der Waals surface area contributed by atoms with Crippen LogP contribution >= 0.6 is 27.7 Å². The molecule has 0 aliphatic rings. The number of hydrogen-bond acceptors (Lipinski definition) is 6. The van der Waals surface area contributed by atoms with Gasteiger partial charge in [-0.1, -0.05) is 71.7 Å². The van der Waals surface area contributed by atoms with Crippen LogP contribution < -0.4 is 5.14 Å². The molecule has 1 unspecified atom stereocenters. The maximum atomic E-state index is 13.1. The molecule has 1 heterocycles. The molecule has 2 aromatic carbocycles. The third-order valence-corrected chi connectivity index (χ3v) is 9.44. The number of benzene rings is 2. The monoisotopic (exact) mass is 597 g/mol. The molecule has 0 radical (unpaired) electrons. The van der Waals surface area contributed by atoms with Gasteiger partial charge in [0.15, 0.2) is 5.78 Å². The lowest BCUT2D eigenvalue weighted by Crippen LogP contribution is -2.18. The van der Waals surface area contributed by atoms with Gasteiger partial charge in [0.1, 0.15) is 16.5 Å². The molecule has 1 atom stereocenters. The second-order valence-electron chi connectivity index (χ2n) is 7.93. The van der Waals surface area contributed by atoms with Crippen molar-refractivity contribution in [2.75, 3.05) is 16.7 Å². The molecule has 7 nitrogen and oxygen atoms in total. The molecule has 0 aliphatic carbocycles. The molecule has 188 valence electrons. The third kappa shape index (κ3) is 6.91. The number of carbonyl (C=O) groups excluding carboxylic acids is 1. The Labute approximate surface area is 221 Å². The zero-order valence-corrected chi connectivity index (χ0v) is 23.6. The van der Waals surface area contributed by atoms with Crippen LogP contribution in [0.3, 0.4) is 0 Å². The summed E-state index contributed by atoms with van der Waals surface area (Å²) < 4.78 is 38.2. The molecule has 0 bridgehead atoms. The van der Waals surface area contributed by atoms with E-state index in [1.165, 1.54) is 17.8 Å². The van der Waals surface area contributed by atoms with E-state index in [1.54, 1.807) is 18.2 Å². The highest BCUT2D eigenvalue weighted by atomic mass is 79.9. The summed E-state index contributed by atoms with van der Waals surface area (Å²) in [5.41, 5.74) is 2.68. The van der Waals surface area contributed by atoms with Crippen LogP contribution in [0.4, 0.5) is 0 Å². The summed E-state index contributed by atoms with van der Waals surface area (Å²) in [7, 11) is -5.16. The second kappa shape index (κ2) is 12.4. The molecule has 35 heavy (non-hydrogen) atoms. The Balaban J connectivity index is 1.99. The van der Waals surface area contributed by atoms with Crippen LogP contribution in [0.25, 0.3) is 11.1 Å². The lowest BCUT2D eigenvalue weighted by molar-refractivity contribution is 0.101. The van der Waals surface area contributed by atoms with E-state index in [1.807, 2.05) is 35.1 Å². The lowest BCUT2D eigenvalue weighted by Gasteiger charge is -2.13. The Morgan fingerprint density at radius 3 is 2.46 bits per heavy atom. The molecule has 3 rings (SSSR count). The molecule has 0 aliphatic heterocycles. The Bertz CT molecular complexity index is 1320. The maximum absolute atomic E-state index is 13.1. The number of unbranched alkanes of at least 4 members (excludes halogenated alkanes) is 1. The van der Waals surface area contributed by atoms with Gasteiger partial charge in [0.05, 0.1) is 15.3 Å². The molecule has 0 fully saturated rings. The van der Waals surface area contributed by atoms with Gasteiger partial charge in [-0.3, -0.25) is 9.00 Å². The number of nitrogens with zero attached hydrogens (tertiary/aromatic N) is 2. The van der Waals surface area contributed by atoms with Crippen molar-refractivity contribution in [2.45, 2.75) is 42.7 Å². The van der Waals surface area contributed by atoms with Gasteiger partial charge in [0.2, 0.25) is 10.0 Å². The number of aromatic nitrogens is 2. The Hall–Kier alpha value is -1.79. The van der Waals surface area contributed by atoms with Crippen molar-refractivity contribution in [3.05, 3.63) is 65.6 Å². The smallest absolute Gasteiger partial charge is 0.238 e. The fraction of sp³-hybridized carbons (Fsp3) is 0.333. The number of thioether (sulfide) groups is 1. The summed E-state index contributed by atoms with van der Waals surface area (Å²) in [5, 5.41) is 6.04. The van der Waals surface area contributed by atoms with Gasteiger partial charge in [-0.25, -0.2) is 18.5 Å². The van der Waals surface area contributed by atoms with Gasteiger partial charge in [-0.2, -0.15) is 0 Å². The van der Waals surface area contributed by atoms with Gasteiger partial charge in [-0.05, 0) is 29.9 Å². The first kappa shape index (κ1) is 27.8. The zero-order valence-electron chi connectivity index (χ0n) is 19.6. The van der Waals surface area contributed by atoms with Crippen molar-refractivity contribution in [3.8, 4) is 11.1 Å². The molecular formula is C24H28BrN3O4S3. The first-order valence-corrected chi connectivity index (χ1v) is 16.4. The van der Waals surface area contributed by atoms with E-state index < -0.39 is 20.8 Å². The van der Waals surface area contributed by atoms with E-state index >= 15 is 0 Å². The number of primary sulfonamides is 1. The Morgan fingerprint density at radius 2 is 1.86 bits per heavy atom. The van der Waals surface area contributed by atoms with Crippen LogP contribution in [0.5, 0.6) is 0 Å². The van der Waals surface area contributed by atoms with Crippen molar-refractivity contribution in [1.82, 2.24) is 9.55 Å². The fourth-order valence-electron chi connectivity index (χ4n) is 3.76. The summed E-state index contributed by atoms with van der Waals surface area (Å²) in [6.07, 6.45) is 4.55. The summed E-state index contributed by atoms with van der Waals surface area (Å²) in [6.45, 7) is 2.53. The van der Waals surface area contributed by atoms with Crippen molar-refractivity contribution in [2.24, 2.45) is 5.14 Å². The molecule has 3 aromatic rings. The highest BCUT2D eigenvalue weighted by Gasteiger charge is 2.24. The minimum absolute atomic E-state index is 0.0684. The van der Waals surface area contributed by atoms with Crippen LogP contribution in [0, 0.1) is 0 Å². The minimum atomic E-state index is -3.86. The topological polar surface area (TPSA) is 112 Å². The molecule has 0 spiro atoms. The predicted octanol–water partition coefficient (Wildman–Crippen LogP) is 4.59. The van der Waals surface area contributed by atoms with Crippen LogP contribution in [-0.4, -0.2) is 44.6 Å². The van der Waals surface area contributed by atoms with Crippen molar-refractivity contribution < 1.29 is 17.4 Å². The summed E-state index contributed by atoms with van der Waals surface area (Å²) in [6, 6.07) is 14.1. The quantitative estimate of drug-likeness (QED) is 0.185. The first-order chi connectivity index (χ1) is 16.7. The number of ketones is 1. The molecule has 2 N–H and O–H groups in total. The number of Topliss-reactive ketones (excluding diaryl/α,β-unsaturated/α-hetero) is 1. The second-order valence-corrected chi connectivity index (χ2v) is 13.0. The lowest BCUT2D eigenvalue weighted by atomic mass is 10.0. The number of halogens is 1. The van der Waals surface area contributed by atoms with Gasteiger partial charge in [0.25, 0.3) is 0 Å². The number of sulfonamides is 1. The van der Waals surface area contributed by atoms with E-state index in [4.69, 9.17) is 10.1 Å². The van der Waals surface area contributed by atoms with E-state index in [-0.39, 0.29) is 21.1 Å². The van der Waals surface area contributed by atoms with Crippen LogP contribution in [0.2, 0.25) is 0 Å². The maximum Gasteiger partial charge on any atom is 0.238 e. The fourth-order valence-corrected chi connectivity index (χ4v) is 6.13. The Kier molecular flexibility index (Phi) is 9.88. The molecule has 0 saturated carbocycles. The number of alkyl halides is 1. The Morgan fingerprint density at radius 1 is 1.17 bits per heavy atom. The van der Waals surface area contributed by atoms with E-state index in [0.717, 1.165) is 36.2 Å². The molecular weight excluding hydrogens is 570 g/mol.